The third kappa shape index (κ3) is 2.48. The van der Waals surface area contributed by atoms with Crippen molar-refractivity contribution >= 4 is 62.8 Å². The molecule has 6 atom stereocenters. The Labute approximate surface area is 201 Å². The van der Waals surface area contributed by atoms with E-state index in [0.29, 0.717) is 12.0 Å². The van der Waals surface area contributed by atoms with Crippen molar-refractivity contribution in [3.05, 3.63) is 35.3 Å². The lowest BCUT2D eigenvalue weighted by Gasteiger charge is -2.49. The molecule has 1 aromatic heterocycles. The lowest BCUT2D eigenvalue weighted by atomic mass is 9.57. The van der Waals surface area contributed by atoms with Crippen molar-refractivity contribution in [2.75, 3.05) is 12.5 Å². The molecule has 2 aliphatic carbocycles. The number of carbonyl (C=O) groups excluding carboxylic acids is 4. The predicted octanol–water partition coefficient (Wildman–Crippen LogP) is 2.11. The molecular weight excluding hydrogens is 527 g/mol. The smallest absolute Gasteiger partial charge is 0.254 e. The van der Waals surface area contributed by atoms with Gasteiger partial charge in [-0.2, -0.15) is 0 Å². The SMILES string of the molecule is CN1C(=O)[C@H]2[C@H](CC=C3[C@H]2C[C@@]2(Cl)C(=O)N(CBr)C(=O)[C@@]2(Cl)[C@H]3c2ccc(CO)o2)C1=O. The molecule has 0 unspecified atom stereocenters. The second-order valence-electron chi connectivity index (χ2n) is 8.68. The third-order valence-corrected chi connectivity index (χ3v) is 9.27. The summed E-state index contributed by atoms with van der Waals surface area (Å²) >= 11 is 17.2. The summed E-state index contributed by atoms with van der Waals surface area (Å²) in [6.45, 7) is -0.362. The summed E-state index contributed by atoms with van der Waals surface area (Å²) in [5.74, 6) is -4.14. The lowest BCUT2D eigenvalue weighted by Crippen LogP contribution is -2.60. The number of imide groups is 2. The van der Waals surface area contributed by atoms with Gasteiger partial charge in [-0.05, 0) is 30.9 Å². The van der Waals surface area contributed by atoms with Crippen molar-refractivity contribution in [1.82, 2.24) is 9.80 Å². The molecule has 5 rings (SSSR count). The van der Waals surface area contributed by atoms with Gasteiger partial charge in [-0.3, -0.25) is 29.0 Å². The van der Waals surface area contributed by atoms with Crippen LogP contribution >= 0.6 is 39.1 Å². The summed E-state index contributed by atoms with van der Waals surface area (Å²) in [7, 11) is 1.45. The van der Waals surface area contributed by atoms with Gasteiger partial charge in [-0.25, -0.2) is 0 Å². The minimum atomic E-state index is -1.89. The van der Waals surface area contributed by atoms with Gasteiger partial charge in [0.25, 0.3) is 11.8 Å². The summed E-state index contributed by atoms with van der Waals surface area (Å²) in [6, 6.07) is 3.15. The predicted molar refractivity (Wildman–Crippen MR) is 116 cm³/mol. The molecule has 2 aliphatic heterocycles. The number of halogens is 3. The molecule has 0 bridgehead atoms. The van der Waals surface area contributed by atoms with E-state index in [0.717, 1.165) is 9.80 Å². The van der Waals surface area contributed by atoms with E-state index in [4.69, 9.17) is 27.6 Å². The molecule has 4 amide bonds. The van der Waals surface area contributed by atoms with Gasteiger partial charge in [0.05, 0.1) is 23.2 Å². The molecule has 0 spiro atoms. The molecule has 170 valence electrons. The number of alkyl halides is 3. The number of aliphatic hydroxyl groups excluding tert-OH is 1. The van der Waals surface area contributed by atoms with Crippen molar-refractivity contribution < 1.29 is 28.7 Å². The second-order valence-corrected chi connectivity index (χ2v) is 10.4. The summed E-state index contributed by atoms with van der Waals surface area (Å²) in [5.41, 5.74) is 0.571. The first kappa shape index (κ1) is 22.1. The fourth-order valence-electron chi connectivity index (χ4n) is 5.86. The van der Waals surface area contributed by atoms with Crippen molar-refractivity contribution in [2.24, 2.45) is 17.8 Å². The van der Waals surface area contributed by atoms with Crippen LogP contribution in [0, 0.1) is 17.8 Å². The van der Waals surface area contributed by atoms with E-state index in [2.05, 4.69) is 15.9 Å². The fraction of sp³-hybridized carbons (Fsp3) is 0.524. The fourth-order valence-corrected chi connectivity index (χ4v) is 7.26. The van der Waals surface area contributed by atoms with Crippen LogP contribution in [0.4, 0.5) is 0 Å². The highest BCUT2D eigenvalue weighted by Crippen LogP contribution is 2.65. The molecule has 0 radical (unpaired) electrons. The third-order valence-electron chi connectivity index (χ3n) is 7.36. The topological polar surface area (TPSA) is 108 Å². The molecule has 11 heteroatoms. The highest BCUT2D eigenvalue weighted by Gasteiger charge is 2.76. The maximum Gasteiger partial charge on any atom is 0.254 e. The van der Waals surface area contributed by atoms with Crippen molar-refractivity contribution in [3.63, 3.8) is 0 Å². The number of furan rings is 1. The number of rotatable bonds is 3. The minimum absolute atomic E-state index is 0.0595. The maximum atomic E-state index is 13.5. The summed E-state index contributed by atoms with van der Waals surface area (Å²) in [6.07, 6.45) is 2.08. The Balaban J connectivity index is 1.73. The van der Waals surface area contributed by atoms with Crippen LogP contribution in [-0.2, 0) is 25.8 Å². The van der Waals surface area contributed by atoms with E-state index in [1.807, 2.05) is 6.08 Å². The molecule has 32 heavy (non-hydrogen) atoms. The minimum Gasteiger partial charge on any atom is -0.463 e. The van der Waals surface area contributed by atoms with Gasteiger partial charge < -0.3 is 9.52 Å². The Bertz CT molecular complexity index is 1100. The van der Waals surface area contributed by atoms with Crippen LogP contribution in [0.3, 0.4) is 0 Å². The Morgan fingerprint density at radius 3 is 2.50 bits per heavy atom. The molecular formula is C21H19BrCl2N2O6. The highest BCUT2D eigenvalue weighted by atomic mass is 79.9. The number of allylic oxidation sites excluding steroid dienone is 2. The van der Waals surface area contributed by atoms with Gasteiger partial charge in [0, 0.05) is 7.05 Å². The van der Waals surface area contributed by atoms with Gasteiger partial charge >= 0.3 is 0 Å². The van der Waals surface area contributed by atoms with Crippen LogP contribution in [0.1, 0.15) is 30.3 Å². The summed E-state index contributed by atoms with van der Waals surface area (Å²) in [5, 5.41) is 9.48. The molecule has 1 N–H and O–H groups in total. The van der Waals surface area contributed by atoms with Gasteiger partial charge in [-0.15, -0.1) is 23.2 Å². The summed E-state index contributed by atoms with van der Waals surface area (Å²) in [4.78, 5) is 50.8. The van der Waals surface area contributed by atoms with Gasteiger partial charge in [0.15, 0.2) is 9.75 Å². The Kier molecular flexibility index (Phi) is 4.95. The maximum absolute atomic E-state index is 13.5. The number of aliphatic hydroxyl groups is 1. The number of likely N-dealkylation sites (tertiary alicyclic amines) is 2. The lowest BCUT2D eigenvalue weighted by molar-refractivity contribution is -0.140. The number of nitrogens with zero attached hydrogens (tertiary/aromatic N) is 2. The molecule has 2 saturated heterocycles. The average Bonchev–Trinajstić information content (AvgIpc) is 3.37. The molecule has 0 aromatic carbocycles. The normalized spacial score (nSPS) is 38.7. The van der Waals surface area contributed by atoms with E-state index >= 15 is 0 Å². The standard InChI is InChI=1S/C21H19BrCl2N2O6/c1-25-16(28)11-4-3-10-12(14(11)17(25)29)6-20(23)18(30)26(8-22)19(31)21(20,24)15(10)13-5-2-9(7-27)32-13/h2-3,5,11-12,14-15,27H,4,6-8H2,1H3/t11-,12+,14-,15+,20+,21-/m0/s1. The molecule has 3 fully saturated rings. The first-order chi connectivity index (χ1) is 15.1. The van der Waals surface area contributed by atoms with Gasteiger partial charge in [-0.1, -0.05) is 27.6 Å². The van der Waals surface area contributed by atoms with Crippen LogP contribution in [0.5, 0.6) is 0 Å². The Morgan fingerprint density at radius 2 is 1.88 bits per heavy atom. The van der Waals surface area contributed by atoms with Crippen LogP contribution in [0.25, 0.3) is 0 Å². The van der Waals surface area contributed by atoms with E-state index < -0.39 is 45.2 Å². The molecule has 3 heterocycles. The zero-order valence-electron chi connectivity index (χ0n) is 16.9. The highest BCUT2D eigenvalue weighted by molar-refractivity contribution is 9.09. The van der Waals surface area contributed by atoms with Crippen molar-refractivity contribution in [3.8, 4) is 0 Å². The number of amides is 4. The Hall–Kier alpha value is -1.68. The first-order valence-electron chi connectivity index (χ1n) is 10.1. The van der Waals surface area contributed by atoms with E-state index in [-0.39, 0.29) is 41.8 Å². The number of fused-ring (bicyclic) bond motifs is 4. The van der Waals surface area contributed by atoms with E-state index in [1.165, 1.54) is 7.05 Å². The number of hydrogen-bond donors (Lipinski definition) is 1. The quantitative estimate of drug-likeness (QED) is 0.270. The van der Waals surface area contributed by atoms with Gasteiger partial charge in [0.2, 0.25) is 11.8 Å². The molecule has 1 aromatic rings. The molecule has 8 nitrogen and oxygen atoms in total. The van der Waals surface area contributed by atoms with Gasteiger partial charge in [0.1, 0.15) is 18.1 Å². The van der Waals surface area contributed by atoms with Crippen LogP contribution < -0.4 is 0 Å². The van der Waals surface area contributed by atoms with Crippen LogP contribution in [0.2, 0.25) is 0 Å². The van der Waals surface area contributed by atoms with Crippen LogP contribution in [0.15, 0.2) is 28.2 Å². The number of hydrogen-bond acceptors (Lipinski definition) is 6. The van der Waals surface area contributed by atoms with Crippen molar-refractivity contribution in [2.45, 2.75) is 35.1 Å². The molecule has 4 aliphatic rings. The van der Waals surface area contributed by atoms with Crippen molar-refractivity contribution in [1.29, 1.82) is 0 Å². The van der Waals surface area contributed by atoms with Crippen LogP contribution in [-0.4, -0.2) is 60.8 Å². The number of carbonyl (C=O) groups is 4. The zero-order valence-corrected chi connectivity index (χ0v) is 20.0. The molecule has 1 saturated carbocycles. The zero-order chi connectivity index (χ0) is 23.2. The average molecular weight is 546 g/mol. The second kappa shape index (κ2) is 7.16. The Morgan fingerprint density at radius 1 is 1.16 bits per heavy atom. The van der Waals surface area contributed by atoms with E-state index in [1.54, 1.807) is 12.1 Å². The van der Waals surface area contributed by atoms with E-state index in [9.17, 15) is 24.3 Å². The first-order valence-corrected chi connectivity index (χ1v) is 12.0. The summed E-state index contributed by atoms with van der Waals surface area (Å²) < 4.78 is 5.78. The largest absolute Gasteiger partial charge is 0.463 e. The monoisotopic (exact) mass is 544 g/mol.